The van der Waals surface area contributed by atoms with Crippen molar-refractivity contribution in [2.75, 3.05) is 13.2 Å². The first-order valence-electron chi connectivity index (χ1n) is 5.80. The first-order valence-corrected chi connectivity index (χ1v) is 5.80. The van der Waals surface area contributed by atoms with Gasteiger partial charge in [0.1, 0.15) is 0 Å². The van der Waals surface area contributed by atoms with Crippen molar-refractivity contribution in [2.45, 2.75) is 39.5 Å². The predicted molar refractivity (Wildman–Crippen MR) is 65.8 cm³/mol. The van der Waals surface area contributed by atoms with Gasteiger partial charge in [-0.3, -0.25) is 0 Å². The van der Waals surface area contributed by atoms with Crippen molar-refractivity contribution < 1.29 is 9.47 Å². The minimum absolute atomic E-state index is 0.803. The van der Waals surface area contributed by atoms with E-state index >= 15 is 0 Å². The Morgan fingerprint density at radius 2 is 1.33 bits per heavy atom. The van der Waals surface area contributed by atoms with Crippen LogP contribution in [-0.2, 0) is 9.47 Å². The number of unbranched alkanes of at least 4 members (excludes halogenated alkanes) is 2. The molecular formula is C12H22BO2. The first kappa shape index (κ1) is 14.1. The Morgan fingerprint density at radius 3 is 1.73 bits per heavy atom. The van der Waals surface area contributed by atoms with Crippen molar-refractivity contribution >= 4 is 7.28 Å². The fraction of sp³-hybridized carbons (Fsp3) is 0.667. The topological polar surface area (TPSA) is 18.5 Å². The molecule has 0 N–H and O–H groups in total. The summed E-state index contributed by atoms with van der Waals surface area (Å²) < 4.78 is 10.5. The van der Waals surface area contributed by atoms with Crippen molar-refractivity contribution in [1.82, 2.24) is 0 Å². The van der Waals surface area contributed by atoms with Gasteiger partial charge in [-0.25, -0.2) is 0 Å². The smallest absolute Gasteiger partial charge is 0.179 e. The second-order valence-corrected chi connectivity index (χ2v) is 3.30. The standard InChI is InChI=1S/C12H22BO2/c1-3-5-9-14-11-7-13-8-12-15-10-6-4-2/h7-8,11-12H,3-6,9-10H2,1-2H3. The van der Waals surface area contributed by atoms with Crippen LogP contribution in [-0.4, -0.2) is 20.5 Å². The van der Waals surface area contributed by atoms with Crippen LogP contribution >= 0.6 is 0 Å². The van der Waals surface area contributed by atoms with E-state index in [0.29, 0.717) is 0 Å². The molecule has 0 saturated heterocycles. The molecule has 0 aromatic rings. The molecule has 0 spiro atoms. The van der Waals surface area contributed by atoms with Gasteiger partial charge in [0, 0.05) is 0 Å². The molecule has 0 atom stereocenters. The molecule has 3 heteroatoms. The highest BCUT2D eigenvalue weighted by Crippen LogP contribution is 1.89. The van der Waals surface area contributed by atoms with Crippen LogP contribution in [0.5, 0.6) is 0 Å². The van der Waals surface area contributed by atoms with Crippen molar-refractivity contribution in [1.29, 1.82) is 0 Å². The Hall–Kier alpha value is -0.855. The maximum absolute atomic E-state index is 5.23. The summed E-state index contributed by atoms with van der Waals surface area (Å²) >= 11 is 0. The molecule has 0 aliphatic heterocycles. The molecule has 0 aromatic carbocycles. The third kappa shape index (κ3) is 13.1. The van der Waals surface area contributed by atoms with E-state index in [0.717, 1.165) is 26.1 Å². The van der Waals surface area contributed by atoms with Crippen LogP contribution in [0.15, 0.2) is 24.5 Å². The largest absolute Gasteiger partial charge is 0.502 e. The Labute approximate surface area is 94.6 Å². The molecular weight excluding hydrogens is 187 g/mol. The number of hydrogen-bond donors (Lipinski definition) is 0. The van der Waals surface area contributed by atoms with Crippen LogP contribution in [0.25, 0.3) is 0 Å². The Balaban J connectivity index is 3.14. The van der Waals surface area contributed by atoms with E-state index in [1.165, 1.54) is 12.8 Å². The second kappa shape index (κ2) is 13.1. The summed E-state index contributed by atoms with van der Waals surface area (Å²) in [7, 11) is 1.90. The Bertz CT molecular complexity index is 149. The molecule has 0 fully saturated rings. The van der Waals surface area contributed by atoms with Gasteiger partial charge in [-0.1, -0.05) is 38.6 Å². The van der Waals surface area contributed by atoms with Gasteiger partial charge >= 0.3 is 0 Å². The van der Waals surface area contributed by atoms with Crippen molar-refractivity contribution in [3.63, 3.8) is 0 Å². The maximum Gasteiger partial charge on any atom is 0.179 e. The lowest BCUT2D eigenvalue weighted by Crippen LogP contribution is -1.88. The van der Waals surface area contributed by atoms with E-state index in [-0.39, 0.29) is 0 Å². The fourth-order valence-corrected chi connectivity index (χ4v) is 0.857. The molecule has 1 radical (unpaired) electrons. The highest BCUT2D eigenvalue weighted by molar-refractivity contribution is 6.47. The quantitative estimate of drug-likeness (QED) is 0.312. The molecule has 0 aliphatic rings. The third-order valence-electron chi connectivity index (χ3n) is 1.80. The third-order valence-corrected chi connectivity index (χ3v) is 1.80. The van der Waals surface area contributed by atoms with Crippen molar-refractivity contribution in [3.8, 4) is 0 Å². The van der Waals surface area contributed by atoms with E-state index in [1.54, 1.807) is 12.5 Å². The molecule has 0 bridgehead atoms. The van der Waals surface area contributed by atoms with Crippen LogP contribution < -0.4 is 0 Å². The second-order valence-electron chi connectivity index (χ2n) is 3.30. The highest BCUT2D eigenvalue weighted by atomic mass is 16.5. The lowest BCUT2D eigenvalue weighted by molar-refractivity contribution is 0.244. The summed E-state index contributed by atoms with van der Waals surface area (Å²) in [5, 5.41) is 0. The van der Waals surface area contributed by atoms with Crippen molar-refractivity contribution in [3.05, 3.63) is 24.5 Å². The van der Waals surface area contributed by atoms with Gasteiger partial charge in [0.15, 0.2) is 7.28 Å². The first-order chi connectivity index (χ1) is 7.41. The summed E-state index contributed by atoms with van der Waals surface area (Å²) in [4.78, 5) is 0. The van der Waals surface area contributed by atoms with Gasteiger partial charge in [-0.2, -0.15) is 0 Å². The molecule has 15 heavy (non-hydrogen) atoms. The minimum Gasteiger partial charge on any atom is -0.502 e. The summed E-state index contributed by atoms with van der Waals surface area (Å²) in [6.07, 6.45) is 7.99. The van der Waals surface area contributed by atoms with E-state index in [1.807, 2.05) is 19.2 Å². The van der Waals surface area contributed by atoms with Crippen LogP contribution in [0, 0.1) is 0 Å². The zero-order valence-electron chi connectivity index (χ0n) is 9.95. The van der Waals surface area contributed by atoms with Crippen LogP contribution in [0.1, 0.15) is 39.5 Å². The van der Waals surface area contributed by atoms with Crippen LogP contribution in [0.3, 0.4) is 0 Å². The number of ether oxygens (including phenoxy) is 2. The van der Waals surface area contributed by atoms with Gasteiger partial charge in [0.05, 0.1) is 25.7 Å². The SMILES string of the molecule is CCCCOC=C[B]C=COCCCC. The predicted octanol–water partition coefficient (Wildman–Crippen LogP) is 3.27. The summed E-state index contributed by atoms with van der Waals surface area (Å²) in [5.74, 6) is 3.74. The summed E-state index contributed by atoms with van der Waals surface area (Å²) in [6, 6.07) is 0. The Kier molecular flexibility index (Phi) is 12.4. The van der Waals surface area contributed by atoms with Gasteiger partial charge in [0.2, 0.25) is 0 Å². The van der Waals surface area contributed by atoms with Gasteiger partial charge in [-0.05, 0) is 12.8 Å². The minimum atomic E-state index is 0.803. The lowest BCUT2D eigenvalue weighted by Gasteiger charge is -1.97. The molecule has 85 valence electrons. The number of rotatable bonds is 10. The van der Waals surface area contributed by atoms with E-state index < -0.39 is 0 Å². The van der Waals surface area contributed by atoms with Crippen LogP contribution in [0.4, 0.5) is 0 Å². The summed E-state index contributed by atoms with van der Waals surface area (Å²) in [6.45, 7) is 5.90. The van der Waals surface area contributed by atoms with Gasteiger partial charge < -0.3 is 9.47 Å². The zero-order chi connectivity index (χ0) is 11.2. The average molecular weight is 209 g/mol. The van der Waals surface area contributed by atoms with E-state index in [9.17, 15) is 0 Å². The molecule has 0 saturated carbocycles. The fourth-order valence-electron chi connectivity index (χ4n) is 0.857. The van der Waals surface area contributed by atoms with E-state index in [2.05, 4.69) is 13.8 Å². The molecule has 0 amide bonds. The van der Waals surface area contributed by atoms with Crippen molar-refractivity contribution in [2.24, 2.45) is 0 Å². The average Bonchev–Trinajstić information content (AvgIpc) is 2.26. The monoisotopic (exact) mass is 209 g/mol. The number of hydrogen-bond acceptors (Lipinski definition) is 2. The van der Waals surface area contributed by atoms with E-state index in [4.69, 9.17) is 9.47 Å². The maximum atomic E-state index is 5.23. The molecule has 2 nitrogen and oxygen atoms in total. The normalized spacial score (nSPS) is 11.1. The highest BCUT2D eigenvalue weighted by Gasteiger charge is 1.82. The van der Waals surface area contributed by atoms with Crippen LogP contribution in [0.2, 0.25) is 0 Å². The van der Waals surface area contributed by atoms with Gasteiger partial charge in [0.25, 0.3) is 0 Å². The zero-order valence-corrected chi connectivity index (χ0v) is 9.95. The summed E-state index contributed by atoms with van der Waals surface area (Å²) in [5.41, 5.74) is 0. The Morgan fingerprint density at radius 1 is 0.867 bits per heavy atom. The van der Waals surface area contributed by atoms with Gasteiger partial charge in [-0.15, -0.1) is 0 Å². The molecule has 0 aromatic heterocycles. The lowest BCUT2D eigenvalue weighted by atomic mass is 9.80. The molecule has 0 heterocycles. The molecule has 0 aliphatic carbocycles. The molecule has 0 unspecified atom stereocenters. The molecule has 0 rings (SSSR count).